The second-order valence-corrected chi connectivity index (χ2v) is 11.8. The fourth-order valence-corrected chi connectivity index (χ4v) is 7.55. The Hall–Kier alpha value is -1.56. The zero-order valence-electron chi connectivity index (χ0n) is 16.9. The SMILES string of the molecule is COCCn1c(=NC(=O)C2CCN(S(=O)(=O)c3cccs3)CC2)sc2cc(Cl)ccc21. The summed E-state index contributed by atoms with van der Waals surface area (Å²) in [5, 5.41) is 2.38. The van der Waals surface area contributed by atoms with Gasteiger partial charge in [-0.1, -0.05) is 29.0 Å². The molecule has 1 amide bonds. The lowest BCUT2D eigenvalue weighted by Crippen LogP contribution is -2.40. The zero-order chi connectivity index (χ0) is 22.0. The van der Waals surface area contributed by atoms with Crippen LogP contribution in [-0.4, -0.2) is 50.0 Å². The number of sulfonamides is 1. The number of nitrogens with zero attached hydrogens (tertiary/aromatic N) is 3. The fourth-order valence-electron chi connectivity index (χ4n) is 3.60. The van der Waals surface area contributed by atoms with Crippen molar-refractivity contribution in [2.24, 2.45) is 10.9 Å². The van der Waals surface area contributed by atoms with Crippen molar-refractivity contribution in [2.45, 2.75) is 23.6 Å². The predicted octanol–water partition coefficient (Wildman–Crippen LogP) is 3.59. The highest BCUT2D eigenvalue weighted by molar-refractivity contribution is 7.91. The molecule has 3 heterocycles. The number of hydrogen-bond acceptors (Lipinski definition) is 6. The van der Waals surface area contributed by atoms with Gasteiger partial charge in [-0.05, 0) is 42.5 Å². The molecule has 1 saturated heterocycles. The largest absolute Gasteiger partial charge is 0.383 e. The van der Waals surface area contributed by atoms with Gasteiger partial charge in [0.1, 0.15) is 4.21 Å². The van der Waals surface area contributed by atoms with E-state index >= 15 is 0 Å². The number of carbonyl (C=O) groups excluding carboxylic acids is 1. The number of methoxy groups -OCH3 is 1. The van der Waals surface area contributed by atoms with Crippen LogP contribution in [0.3, 0.4) is 0 Å². The van der Waals surface area contributed by atoms with E-state index in [-0.39, 0.29) is 11.8 Å². The molecule has 0 saturated carbocycles. The molecule has 0 spiro atoms. The van der Waals surface area contributed by atoms with Gasteiger partial charge in [0.15, 0.2) is 4.80 Å². The molecule has 1 fully saturated rings. The minimum Gasteiger partial charge on any atom is -0.383 e. The van der Waals surface area contributed by atoms with Crippen LogP contribution in [0, 0.1) is 5.92 Å². The maximum Gasteiger partial charge on any atom is 0.252 e. The minimum atomic E-state index is -3.48. The number of aromatic nitrogens is 1. The second-order valence-electron chi connectivity index (χ2n) is 7.20. The first kappa shape index (κ1) is 22.6. The number of fused-ring (bicyclic) bond motifs is 1. The van der Waals surface area contributed by atoms with Gasteiger partial charge in [-0.3, -0.25) is 4.79 Å². The Bertz CT molecular complexity index is 1240. The van der Waals surface area contributed by atoms with Crippen LogP contribution in [0.25, 0.3) is 10.2 Å². The third-order valence-electron chi connectivity index (χ3n) is 5.26. The summed E-state index contributed by atoms with van der Waals surface area (Å²) in [7, 11) is -1.85. The van der Waals surface area contributed by atoms with Gasteiger partial charge < -0.3 is 9.30 Å². The molecule has 0 aliphatic carbocycles. The predicted molar refractivity (Wildman–Crippen MR) is 123 cm³/mol. The number of thiazole rings is 1. The third-order valence-corrected chi connectivity index (χ3v) is 9.81. The van der Waals surface area contributed by atoms with Crippen molar-refractivity contribution in [1.82, 2.24) is 8.87 Å². The molecule has 0 bridgehead atoms. The van der Waals surface area contributed by atoms with Gasteiger partial charge in [0, 0.05) is 37.7 Å². The minimum absolute atomic E-state index is 0.211. The number of carbonyl (C=O) groups is 1. The molecule has 31 heavy (non-hydrogen) atoms. The first-order chi connectivity index (χ1) is 14.9. The van der Waals surface area contributed by atoms with E-state index in [4.69, 9.17) is 16.3 Å². The number of thiophene rings is 1. The molecule has 0 atom stereocenters. The molecule has 0 radical (unpaired) electrons. The average Bonchev–Trinajstić information content (AvgIpc) is 3.41. The van der Waals surface area contributed by atoms with E-state index < -0.39 is 10.0 Å². The molecular formula is C20H22ClN3O4S3. The van der Waals surface area contributed by atoms with Crippen LogP contribution < -0.4 is 4.80 Å². The number of rotatable bonds is 6. The summed E-state index contributed by atoms with van der Waals surface area (Å²) in [6.07, 6.45) is 0.920. The maximum atomic E-state index is 12.9. The van der Waals surface area contributed by atoms with Crippen molar-refractivity contribution in [3.05, 3.63) is 45.5 Å². The highest BCUT2D eigenvalue weighted by atomic mass is 35.5. The van der Waals surface area contributed by atoms with Crippen molar-refractivity contribution in [3.63, 3.8) is 0 Å². The smallest absolute Gasteiger partial charge is 0.252 e. The number of amides is 1. The molecule has 0 N–H and O–H groups in total. The third kappa shape index (κ3) is 4.79. The fraction of sp³-hybridized carbons (Fsp3) is 0.400. The summed E-state index contributed by atoms with van der Waals surface area (Å²) < 4.78 is 35.3. The molecule has 11 heteroatoms. The Morgan fingerprint density at radius 1 is 1.29 bits per heavy atom. The Labute approximate surface area is 193 Å². The monoisotopic (exact) mass is 499 g/mol. The van der Waals surface area contributed by atoms with E-state index in [1.54, 1.807) is 24.6 Å². The first-order valence-electron chi connectivity index (χ1n) is 9.80. The molecule has 1 aromatic carbocycles. The normalized spacial score (nSPS) is 16.9. The Balaban J connectivity index is 1.54. The molecule has 166 valence electrons. The molecule has 7 nitrogen and oxygen atoms in total. The van der Waals surface area contributed by atoms with E-state index in [0.717, 1.165) is 10.2 Å². The van der Waals surface area contributed by atoms with Gasteiger partial charge in [-0.15, -0.1) is 11.3 Å². The summed E-state index contributed by atoms with van der Waals surface area (Å²) in [4.78, 5) is 17.9. The van der Waals surface area contributed by atoms with Crippen molar-refractivity contribution in [3.8, 4) is 0 Å². The number of halogens is 1. The van der Waals surface area contributed by atoms with Gasteiger partial charge in [-0.2, -0.15) is 9.30 Å². The first-order valence-corrected chi connectivity index (χ1v) is 13.3. The van der Waals surface area contributed by atoms with Crippen LogP contribution in [0.4, 0.5) is 0 Å². The molecule has 0 unspecified atom stereocenters. The number of hydrogen-bond donors (Lipinski definition) is 0. The second kappa shape index (κ2) is 9.51. The highest BCUT2D eigenvalue weighted by Crippen LogP contribution is 2.27. The van der Waals surface area contributed by atoms with Gasteiger partial charge in [0.25, 0.3) is 15.9 Å². The molecule has 1 aliphatic rings. The van der Waals surface area contributed by atoms with Crippen LogP contribution >= 0.6 is 34.3 Å². The Kier molecular flexibility index (Phi) is 6.95. The molecule has 2 aromatic heterocycles. The summed E-state index contributed by atoms with van der Waals surface area (Å²) in [6.45, 7) is 1.70. The van der Waals surface area contributed by atoms with Crippen LogP contribution in [-0.2, 0) is 26.1 Å². The van der Waals surface area contributed by atoms with Crippen molar-refractivity contribution in [1.29, 1.82) is 0 Å². The van der Waals surface area contributed by atoms with E-state index in [1.807, 2.05) is 22.8 Å². The summed E-state index contributed by atoms with van der Waals surface area (Å²) in [5.74, 6) is -0.503. The van der Waals surface area contributed by atoms with Crippen LogP contribution in [0.5, 0.6) is 0 Å². The summed E-state index contributed by atoms with van der Waals surface area (Å²) >= 11 is 8.74. The zero-order valence-corrected chi connectivity index (χ0v) is 20.1. The van der Waals surface area contributed by atoms with Crippen LogP contribution in [0.2, 0.25) is 5.02 Å². The van der Waals surface area contributed by atoms with Gasteiger partial charge >= 0.3 is 0 Å². The number of ether oxygens (including phenoxy) is 1. The van der Waals surface area contributed by atoms with E-state index in [1.165, 1.54) is 27.0 Å². The standard InChI is InChI=1S/C20H22ClN3O4S3/c1-28-11-10-24-16-5-4-15(21)13-17(16)30-20(24)22-19(25)14-6-8-23(9-7-14)31(26,27)18-3-2-12-29-18/h2-5,12-14H,6-11H2,1H3. The van der Waals surface area contributed by atoms with E-state index in [9.17, 15) is 13.2 Å². The Morgan fingerprint density at radius 3 is 2.74 bits per heavy atom. The molecule has 1 aliphatic heterocycles. The van der Waals surface area contributed by atoms with E-state index in [2.05, 4.69) is 4.99 Å². The van der Waals surface area contributed by atoms with E-state index in [0.29, 0.717) is 53.1 Å². The molecule has 4 rings (SSSR count). The van der Waals surface area contributed by atoms with Gasteiger partial charge in [0.05, 0.1) is 16.8 Å². The van der Waals surface area contributed by atoms with Crippen molar-refractivity contribution in [2.75, 3.05) is 26.8 Å². The van der Waals surface area contributed by atoms with Crippen molar-refractivity contribution >= 4 is 60.4 Å². The average molecular weight is 500 g/mol. The number of benzene rings is 1. The molecule has 3 aromatic rings. The summed E-state index contributed by atoms with van der Waals surface area (Å²) in [5.41, 5.74) is 0.954. The lowest BCUT2D eigenvalue weighted by Gasteiger charge is -2.29. The summed E-state index contributed by atoms with van der Waals surface area (Å²) in [6, 6.07) is 8.93. The van der Waals surface area contributed by atoms with Crippen LogP contribution in [0.1, 0.15) is 12.8 Å². The molecular weight excluding hydrogens is 478 g/mol. The Morgan fingerprint density at radius 2 is 2.06 bits per heavy atom. The lowest BCUT2D eigenvalue weighted by molar-refractivity contribution is -0.122. The number of piperidine rings is 1. The van der Waals surface area contributed by atoms with Crippen molar-refractivity contribution < 1.29 is 17.9 Å². The maximum absolute atomic E-state index is 12.9. The van der Waals surface area contributed by atoms with Crippen LogP contribution in [0.15, 0.2) is 44.9 Å². The lowest BCUT2D eigenvalue weighted by atomic mass is 9.98. The van der Waals surface area contributed by atoms with Gasteiger partial charge in [-0.25, -0.2) is 8.42 Å². The topological polar surface area (TPSA) is 81.0 Å². The quantitative estimate of drug-likeness (QED) is 0.519. The van der Waals surface area contributed by atoms with Gasteiger partial charge in [0.2, 0.25) is 0 Å². The highest BCUT2D eigenvalue weighted by Gasteiger charge is 2.32.